The molecule has 2 fully saturated rings. The minimum absolute atomic E-state index is 0.00280. The maximum atomic E-state index is 14.1. The minimum atomic E-state index is -0.893. The number of ether oxygens (including phenoxy) is 7. The molecule has 58 heavy (non-hydrogen) atoms. The van der Waals surface area contributed by atoms with Gasteiger partial charge in [-0.2, -0.15) is 0 Å². The SMILES string of the molecule is COC1=CC2C3C(OC)c4c(COCOC5=CC6C7C(OC(C)=O)c8c(CO)cc(OC)c(O)c8C6(CCN7C)CC5=O)cc(OC)c(O)c4C2(CCN3C)CC1=O. The van der Waals surface area contributed by atoms with Gasteiger partial charge in [0.25, 0.3) is 0 Å². The summed E-state index contributed by atoms with van der Waals surface area (Å²) in [6, 6.07) is 2.65. The van der Waals surface area contributed by atoms with Crippen molar-refractivity contribution in [2.75, 3.05) is 62.4 Å². The topological polar surface area (TPSA) is 183 Å². The van der Waals surface area contributed by atoms with Crippen molar-refractivity contribution in [3.63, 3.8) is 0 Å². The van der Waals surface area contributed by atoms with Crippen molar-refractivity contribution in [2.45, 2.75) is 80.9 Å². The van der Waals surface area contributed by atoms with Crippen molar-refractivity contribution in [3.05, 3.63) is 69.2 Å². The smallest absolute Gasteiger partial charge is 0.303 e. The van der Waals surface area contributed by atoms with Crippen molar-refractivity contribution in [1.29, 1.82) is 0 Å². The van der Waals surface area contributed by atoms with E-state index in [9.17, 15) is 29.7 Å². The van der Waals surface area contributed by atoms with E-state index in [1.165, 1.54) is 28.3 Å². The standard InChI is InChI=1S/C43H52N2O13/c1-21(47)58-41-32-22(18-46)12-30(53-5)38(50)34(32)43-9-11-45(3)37(41)25(43)15-29(27(49)17-43)57-20-56-19-23-13-31(54-6)39(51)35-33(23)40(55-7)36-24-14-28(52-4)26(48)16-42(24,35)8-10-44(36)2/h12-15,24-25,36-37,40-41,46,50-51H,8-11,16-20H2,1-7H3. The lowest BCUT2D eigenvalue weighted by Gasteiger charge is -2.59. The summed E-state index contributed by atoms with van der Waals surface area (Å²) in [6.45, 7) is 1.87. The highest BCUT2D eigenvalue weighted by Crippen LogP contribution is 2.63. The molecule has 3 N–H and O–H groups in total. The monoisotopic (exact) mass is 804 g/mol. The van der Waals surface area contributed by atoms with Crippen LogP contribution in [0.15, 0.2) is 35.8 Å². The van der Waals surface area contributed by atoms with Gasteiger partial charge in [0.15, 0.2) is 52.9 Å². The largest absolute Gasteiger partial charge is 0.504 e. The van der Waals surface area contributed by atoms with Gasteiger partial charge in [-0.15, -0.1) is 0 Å². The number of likely N-dealkylation sites (tertiary alicyclic amines) is 2. The van der Waals surface area contributed by atoms with Crippen LogP contribution in [0.25, 0.3) is 0 Å². The normalized spacial score (nSPS) is 31.2. The predicted molar refractivity (Wildman–Crippen MR) is 205 cm³/mol. The predicted octanol–water partition coefficient (Wildman–Crippen LogP) is 3.59. The Kier molecular flexibility index (Phi) is 10.3. The van der Waals surface area contributed by atoms with Gasteiger partial charge in [-0.25, -0.2) is 0 Å². The molecule has 312 valence electrons. The van der Waals surface area contributed by atoms with E-state index in [-0.39, 0.29) is 78.5 Å². The van der Waals surface area contributed by atoms with Crippen LogP contribution >= 0.6 is 0 Å². The molecule has 0 radical (unpaired) electrons. The molecule has 4 aliphatic carbocycles. The summed E-state index contributed by atoms with van der Waals surface area (Å²) in [7, 11) is 9.98. The number of carbonyl (C=O) groups excluding carboxylic acids is 3. The Morgan fingerprint density at radius 1 is 0.776 bits per heavy atom. The number of rotatable bonds is 11. The molecule has 8 rings (SSSR count). The van der Waals surface area contributed by atoms with Gasteiger partial charge >= 0.3 is 5.97 Å². The van der Waals surface area contributed by atoms with Crippen LogP contribution in [0.1, 0.15) is 78.2 Å². The van der Waals surface area contributed by atoms with Crippen LogP contribution in [0, 0.1) is 11.8 Å². The Morgan fingerprint density at radius 3 is 1.81 bits per heavy atom. The number of benzene rings is 2. The number of aliphatic hydroxyl groups excluding tert-OH is 1. The first-order valence-electron chi connectivity index (χ1n) is 19.6. The summed E-state index contributed by atoms with van der Waals surface area (Å²) < 4.78 is 41.2. The van der Waals surface area contributed by atoms with E-state index in [1.54, 1.807) is 25.3 Å². The summed E-state index contributed by atoms with van der Waals surface area (Å²) in [5.74, 6) is -0.971. The molecule has 2 aromatic rings. The number of piperidine rings is 2. The first-order valence-corrected chi connectivity index (χ1v) is 19.6. The van der Waals surface area contributed by atoms with Gasteiger partial charge in [0.05, 0.1) is 46.7 Å². The lowest BCUT2D eigenvalue weighted by Crippen LogP contribution is -2.62. The van der Waals surface area contributed by atoms with Crippen LogP contribution < -0.4 is 9.47 Å². The van der Waals surface area contributed by atoms with Crippen molar-refractivity contribution in [1.82, 2.24) is 9.80 Å². The van der Waals surface area contributed by atoms with Crippen molar-refractivity contribution < 1.29 is 62.9 Å². The van der Waals surface area contributed by atoms with Crippen LogP contribution in [0.5, 0.6) is 23.0 Å². The lowest BCUT2D eigenvalue weighted by molar-refractivity contribution is -0.157. The van der Waals surface area contributed by atoms with Crippen molar-refractivity contribution >= 4 is 17.5 Å². The average Bonchev–Trinajstić information content (AvgIpc) is 3.20. The highest BCUT2D eigenvalue weighted by molar-refractivity contribution is 5.97. The highest BCUT2D eigenvalue weighted by atomic mass is 16.7. The first kappa shape index (κ1) is 40.1. The minimum Gasteiger partial charge on any atom is -0.504 e. The van der Waals surface area contributed by atoms with E-state index >= 15 is 0 Å². The second-order valence-corrected chi connectivity index (χ2v) is 16.5. The second-order valence-electron chi connectivity index (χ2n) is 16.5. The maximum Gasteiger partial charge on any atom is 0.303 e. The summed E-state index contributed by atoms with van der Waals surface area (Å²) in [4.78, 5) is 44.4. The number of hydrogen-bond acceptors (Lipinski definition) is 15. The number of methoxy groups -OCH3 is 4. The molecule has 8 unspecified atom stereocenters. The summed E-state index contributed by atoms with van der Waals surface area (Å²) in [5, 5.41) is 34.0. The number of Topliss-reactive ketones (excluding diaryl/α,β-unsaturated/α-hetero) is 2. The molecule has 6 aliphatic rings. The molecule has 0 spiro atoms. The number of ketones is 2. The number of likely N-dealkylation sites (N-methyl/N-ethyl adjacent to an activating group) is 2. The number of phenols is 2. The molecule has 4 bridgehead atoms. The molecule has 15 heteroatoms. The fourth-order valence-corrected chi connectivity index (χ4v) is 11.5. The quantitative estimate of drug-likeness (QED) is 0.170. The van der Waals surface area contributed by atoms with Gasteiger partial charge < -0.3 is 48.5 Å². The van der Waals surface area contributed by atoms with Crippen LogP contribution in [0.2, 0.25) is 0 Å². The number of aliphatic hydroxyl groups is 1. The van der Waals surface area contributed by atoms with Crippen LogP contribution in [0.3, 0.4) is 0 Å². The number of carbonyl (C=O) groups is 3. The molecule has 2 aliphatic heterocycles. The number of aromatic hydroxyl groups is 2. The number of hydrogen-bond donors (Lipinski definition) is 3. The fraction of sp³-hybridized carbons (Fsp3) is 0.558. The lowest BCUT2D eigenvalue weighted by atomic mass is 9.52. The van der Waals surface area contributed by atoms with Gasteiger partial charge in [0.1, 0.15) is 6.10 Å². The zero-order valence-electron chi connectivity index (χ0n) is 34.0. The summed E-state index contributed by atoms with van der Waals surface area (Å²) in [5.41, 5.74) is 1.79. The maximum absolute atomic E-state index is 14.1. The summed E-state index contributed by atoms with van der Waals surface area (Å²) >= 11 is 0. The van der Waals surface area contributed by atoms with Crippen LogP contribution in [-0.4, -0.2) is 117 Å². The average molecular weight is 805 g/mol. The van der Waals surface area contributed by atoms with E-state index in [2.05, 4.69) is 9.80 Å². The van der Waals surface area contributed by atoms with E-state index in [4.69, 9.17) is 33.2 Å². The van der Waals surface area contributed by atoms with Gasteiger partial charge in [-0.1, -0.05) is 0 Å². The van der Waals surface area contributed by atoms with Gasteiger partial charge in [0, 0.05) is 72.3 Å². The Labute approximate surface area is 337 Å². The Morgan fingerprint density at radius 2 is 1.29 bits per heavy atom. The van der Waals surface area contributed by atoms with Gasteiger partial charge in [-0.05, 0) is 81.0 Å². The van der Waals surface area contributed by atoms with Crippen molar-refractivity contribution in [3.8, 4) is 23.0 Å². The first-order chi connectivity index (χ1) is 27.8. The van der Waals surface area contributed by atoms with Gasteiger partial charge in [-0.3, -0.25) is 24.2 Å². The number of allylic oxidation sites excluding steroid dienone is 2. The third-order valence-corrected chi connectivity index (χ3v) is 13.9. The highest BCUT2D eigenvalue weighted by Gasteiger charge is 2.62. The van der Waals surface area contributed by atoms with E-state index in [0.717, 1.165) is 5.56 Å². The fourth-order valence-electron chi connectivity index (χ4n) is 11.5. The molecule has 8 atom stereocenters. The Hall–Kier alpha value is -4.67. The van der Waals surface area contributed by atoms with E-state index < -0.39 is 47.6 Å². The molecule has 15 nitrogen and oxygen atoms in total. The number of esters is 1. The third-order valence-electron chi connectivity index (χ3n) is 13.9. The zero-order chi connectivity index (χ0) is 41.4. The summed E-state index contributed by atoms with van der Waals surface area (Å²) in [6.07, 6.45) is 3.54. The zero-order valence-corrected chi connectivity index (χ0v) is 34.0. The number of nitrogens with zero attached hydrogens (tertiary/aromatic N) is 2. The number of fused-ring (bicyclic) bond motifs is 2. The molecule has 2 aromatic carbocycles. The van der Waals surface area contributed by atoms with Crippen LogP contribution in [0.4, 0.5) is 0 Å². The number of phenolic OH excluding ortho intramolecular Hbond substituents is 2. The molecular formula is C43H52N2O13. The molecule has 2 heterocycles. The molecule has 0 saturated carbocycles. The van der Waals surface area contributed by atoms with Crippen molar-refractivity contribution in [2.24, 2.45) is 11.8 Å². The van der Waals surface area contributed by atoms with E-state index in [0.29, 0.717) is 59.5 Å². The molecular weight excluding hydrogens is 752 g/mol. The Balaban J connectivity index is 1.13. The molecule has 0 amide bonds. The molecule has 2 saturated heterocycles. The van der Waals surface area contributed by atoms with Crippen LogP contribution in [-0.2, 0) is 62.1 Å². The van der Waals surface area contributed by atoms with Gasteiger partial charge in [0.2, 0.25) is 0 Å². The Bertz CT molecular complexity index is 2110. The third kappa shape index (κ3) is 5.75. The second kappa shape index (κ2) is 14.9. The molecule has 0 aromatic heterocycles. The van der Waals surface area contributed by atoms with E-state index in [1.807, 2.05) is 20.2 Å².